The van der Waals surface area contributed by atoms with Crippen LogP contribution < -0.4 is 14.8 Å². The molecule has 1 aromatic carbocycles. The van der Waals surface area contributed by atoms with Gasteiger partial charge in [-0.1, -0.05) is 12.1 Å². The summed E-state index contributed by atoms with van der Waals surface area (Å²) in [5.41, 5.74) is 2.25. The molecule has 3 aromatic rings. The van der Waals surface area contributed by atoms with E-state index in [0.29, 0.717) is 13.3 Å². The highest BCUT2D eigenvalue weighted by atomic mass is 16.7. The number of rotatable bonds is 5. The lowest BCUT2D eigenvalue weighted by Crippen LogP contribution is -2.13. The Hall–Kier alpha value is -2.86. The zero-order valence-corrected chi connectivity index (χ0v) is 12.5. The third kappa shape index (κ3) is 2.89. The van der Waals surface area contributed by atoms with Gasteiger partial charge in [-0.25, -0.2) is 9.67 Å². The second kappa shape index (κ2) is 6.10. The lowest BCUT2D eigenvalue weighted by atomic mass is 10.2. The highest BCUT2D eigenvalue weighted by molar-refractivity contribution is 5.48. The van der Waals surface area contributed by atoms with E-state index in [9.17, 15) is 0 Å². The van der Waals surface area contributed by atoms with E-state index < -0.39 is 0 Å². The first-order valence-corrected chi connectivity index (χ1v) is 7.43. The van der Waals surface area contributed by atoms with Crippen LogP contribution in [-0.2, 0) is 13.1 Å². The van der Waals surface area contributed by atoms with Gasteiger partial charge in [-0.05, 0) is 29.8 Å². The van der Waals surface area contributed by atoms with Gasteiger partial charge in [0.15, 0.2) is 17.3 Å². The molecule has 6 nitrogen and oxygen atoms in total. The first kappa shape index (κ1) is 13.8. The van der Waals surface area contributed by atoms with Gasteiger partial charge in [0.1, 0.15) is 0 Å². The summed E-state index contributed by atoms with van der Waals surface area (Å²) in [6, 6.07) is 11.8. The Morgan fingerprint density at radius 1 is 1.09 bits per heavy atom. The van der Waals surface area contributed by atoms with Crippen LogP contribution in [0, 0.1) is 0 Å². The second-order valence-corrected chi connectivity index (χ2v) is 5.23. The van der Waals surface area contributed by atoms with Crippen molar-refractivity contribution in [2.75, 3.05) is 6.79 Å². The zero-order valence-electron chi connectivity index (χ0n) is 12.5. The fourth-order valence-electron chi connectivity index (χ4n) is 2.57. The van der Waals surface area contributed by atoms with Crippen LogP contribution in [0.2, 0.25) is 0 Å². The summed E-state index contributed by atoms with van der Waals surface area (Å²) in [6.07, 6.45) is 5.42. The van der Waals surface area contributed by atoms with Crippen molar-refractivity contribution < 1.29 is 9.47 Å². The Morgan fingerprint density at radius 3 is 3.00 bits per heavy atom. The molecule has 2 aromatic heterocycles. The Labute approximate surface area is 133 Å². The second-order valence-electron chi connectivity index (χ2n) is 5.23. The average Bonchev–Trinajstić information content (AvgIpc) is 3.27. The largest absolute Gasteiger partial charge is 0.454 e. The van der Waals surface area contributed by atoms with Gasteiger partial charge in [-0.2, -0.15) is 5.10 Å². The Morgan fingerprint density at radius 2 is 2.09 bits per heavy atom. The molecule has 1 aliphatic heterocycles. The van der Waals surface area contributed by atoms with Gasteiger partial charge in [0.05, 0.1) is 0 Å². The highest BCUT2D eigenvalue weighted by Gasteiger charge is 2.16. The van der Waals surface area contributed by atoms with Crippen LogP contribution in [0.1, 0.15) is 11.1 Å². The number of nitrogens with one attached hydrogen (secondary N) is 1. The van der Waals surface area contributed by atoms with Crippen molar-refractivity contribution in [3.05, 3.63) is 66.1 Å². The molecule has 0 unspecified atom stereocenters. The third-order valence-electron chi connectivity index (χ3n) is 3.67. The summed E-state index contributed by atoms with van der Waals surface area (Å²) < 4.78 is 12.7. The van der Waals surface area contributed by atoms with Crippen LogP contribution in [0.25, 0.3) is 5.82 Å². The van der Waals surface area contributed by atoms with E-state index in [4.69, 9.17) is 9.47 Å². The molecule has 0 atom stereocenters. The van der Waals surface area contributed by atoms with E-state index in [1.54, 1.807) is 17.1 Å². The smallest absolute Gasteiger partial charge is 0.231 e. The van der Waals surface area contributed by atoms with Gasteiger partial charge in [0.25, 0.3) is 0 Å². The molecule has 116 valence electrons. The van der Waals surface area contributed by atoms with Crippen LogP contribution in [0.3, 0.4) is 0 Å². The maximum absolute atomic E-state index is 5.52. The number of para-hydroxylation sites is 1. The normalized spacial score (nSPS) is 12.5. The van der Waals surface area contributed by atoms with Crippen molar-refractivity contribution in [2.24, 2.45) is 0 Å². The Bertz CT molecular complexity index is 802. The van der Waals surface area contributed by atoms with Gasteiger partial charge in [-0.15, -0.1) is 0 Å². The summed E-state index contributed by atoms with van der Waals surface area (Å²) in [5.74, 6) is 2.47. The van der Waals surface area contributed by atoms with Crippen molar-refractivity contribution in [1.82, 2.24) is 20.1 Å². The van der Waals surface area contributed by atoms with Crippen molar-refractivity contribution in [1.29, 1.82) is 0 Å². The van der Waals surface area contributed by atoms with E-state index in [1.165, 1.54) is 0 Å². The number of ether oxygens (including phenoxy) is 2. The molecule has 0 bridgehead atoms. The molecule has 0 saturated heterocycles. The van der Waals surface area contributed by atoms with Gasteiger partial charge in [-0.3, -0.25) is 0 Å². The van der Waals surface area contributed by atoms with E-state index in [2.05, 4.69) is 15.4 Å². The van der Waals surface area contributed by atoms with Gasteiger partial charge in [0, 0.05) is 37.2 Å². The minimum Gasteiger partial charge on any atom is -0.454 e. The molecular formula is C17H16N4O2. The molecule has 4 rings (SSSR count). The van der Waals surface area contributed by atoms with Crippen molar-refractivity contribution in [3.63, 3.8) is 0 Å². The third-order valence-corrected chi connectivity index (χ3v) is 3.67. The van der Waals surface area contributed by atoms with Crippen LogP contribution in [-0.4, -0.2) is 21.6 Å². The molecule has 0 saturated carbocycles. The van der Waals surface area contributed by atoms with Crippen LogP contribution >= 0.6 is 0 Å². The summed E-state index contributed by atoms with van der Waals surface area (Å²) in [5, 5.41) is 7.63. The predicted molar refractivity (Wildman–Crippen MR) is 84.5 cm³/mol. The minimum atomic E-state index is 0.296. The number of pyridine rings is 1. The Kier molecular flexibility index (Phi) is 3.65. The summed E-state index contributed by atoms with van der Waals surface area (Å²) in [7, 11) is 0. The minimum absolute atomic E-state index is 0.296. The molecule has 0 spiro atoms. The van der Waals surface area contributed by atoms with Crippen LogP contribution in [0.15, 0.2) is 55.0 Å². The number of hydrogen-bond donors (Lipinski definition) is 1. The molecule has 0 fully saturated rings. The summed E-state index contributed by atoms with van der Waals surface area (Å²) >= 11 is 0. The molecule has 0 aliphatic carbocycles. The molecule has 1 aliphatic rings. The van der Waals surface area contributed by atoms with E-state index >= 15 is 0 Å². The molecule has 6 heteroatoms. The quantitative estimate of drug-likeness (QED) is 0.783. The first-order valence-electron chi connectivity index (χ1n) is 7.43. The highest BCUT2D eigenvalue weighted by Crippen LogP contribution is 2.35. The first-order chi connectivity index (χ1) is 11.4. The monoisotopic (exact) mass is 308 g/mol. The SMILES string of the molecule is c1cc(CNCc2ccnc(-n3cccn3)c2)c2c(c1)OCO2. The standard InChI is InChI=1S/C17H16N4O2/c1-3-14(17-15(4-1)22-12-23-17)11-18-10-13-5-7-19-16(9-13)21-8-2-6-20-21/h1-9,18H,10-12H2. The lowest BCUT2D eigenvalue weighted by molar-refractivity contribution is 0.173. The predicted octanol–water partition coefficient (Wildman–Crippen LogP) is 2.29. The zero-order chi connectivity index (χ0) is 15.5. The van der Waals surface area contributed by atoms with Crippen molar-refractivity contribution in [3.8, 4) is 17.3 Å². The number of hydrogen-bond acceptors (Lipinski definition) is 5. The van der Waals surface area contributed by atoms with E-state index in [0.717, 1.165) is 35.0 Å². The van der Waals surface area contributed by atoms with E-state index in [1.807, 2.05) is 42.6 Å². The summed E-state index contributed by atoms with van der Waals surface area (Å²) in [6.45, 7) is 1.75. The summed E-state index contributed by atoms with van der Waals surface area (Å²) in [4.78, 5) is 4.33. The average molecular weight is 308 g/mol. The van der Waals surface area contributed by atoms with Crippen LogP contribution in [0.4, 0.5) is 0 Å². The van der Waals surface area contributed by atoms with Crippen molar-refractivity contribution >= 4 is 0 Å². The molecule has 0 amide bonds. The van der Waals surface area contributed by atoms with Gasteiger partial charge in [0.2, 0.25) is 6.79 Å². The van der Waals surface area contributed by atoms with Gasteiger partial charge >= 0.3 is 0 Å². The van der Waals surface area contributed by atoms with E-state index in [-0.39, 0.29) is 0 Å². The number of benzene rings is 1. The maximum Gasteiger partial charge on any atom is 0.231 e. The van der Waals surface area contributed by atoms with Gasteiger partial charge < -0.3 is 14.8 Å². The fraction of sp³-hybridized carbons (Fsp3) is 0.176. The number of aromatic nitrogens is 3. The fourth-order valence-corrected chi connectivity index (χ4v) is 2.57. The number of fused-ring (bicyclic) bond motifs is 1. The maximum atomic E-state index is 5.52. The molecule has 1 N–H and O–H groups in total. The van der Waals surface area contributed by atoms with Crippen LogP contribution in [0.5, 0.6) is 11.5 Å². The molecular weight excluding hydrogens is 292 g/mol. The molecule has 23 heavy (non-hydrogen) atoms. The lowest BCUT2D eigenvalue weighted by Gasteiger charge is -2.08. The molecule has 3 heterocycles. The molecule has 0 radical (unpaired) electrons. The topological polar surface area (TPSA) is 61.2 Å². The van der Waals surface area contributed by atoms with Crippen molar-refractivity contribution in [2.45, 2.75) is 13.1 Å². The number of nitrogens with zero attached hydrogens (tertiary/aromatic N) is 3. The Balaban J connectivity index is 1.42.